The summed E-state index contributed by atoms with van der Waals surface area (Å²) in [7, 11) is 0. The fourth-order valence-electron chi connectivity index (χ4n) is 5.06. The number of alkyl halides is 3. The van der Waals surface area contributed by atoms with Crippen molar-refractivity contribution < 1.29 is 23.1 Å². The van der Waals surface area contributed by atoms with E-state index in [-0.39, 0.29) is 29.2 Å². The van der Waals surface area contributed by atoms with E-state index < -0.39 is 18.8 Å². The van der Waals surface area contributed by atoms with Gasteiger partial charge in [-0.25, -0.2) is 4.98 Å². The molecule has 3 unspecified atom stereocenters. The molecule has 36 heavy (non-hydrogen) atoms. The van der Waals surface area contributed by atoms with Crippen LogP contribution in [0.3, 0.4) is 0 Å². The Kier molecular flexibility index (Phi) is 6.19. The molecule has 0 aromatic carbocycles. The lowest BCUT2D eigenvalue weighted by Gasteiger charge is -2.29. The molecule has 1 saturated heterocycles. The Bertz CT molecular complexity index is 1410. The fraction of sp³-hybridized carbons (Fsp3) is 0.440. The van der Waals surface area contributed by atoms with E-state index in [0.717, 1.165) is 17.5 Å². The number of aromatic nitrogens is 5. The topological polar surface area (TPSA) is 88.5 Å². The molecular weight excluding hydrogens is 473 g/mol. The maximum atomic E-state index is 13.5. The summed E-state index contributed by atoms with van der Waals surface area (Å²) in [6.45, 7) is 2.52. The van der Waals surface area contributed by atoms with Crippen molar-refractivity contribution in [3.63, 3.8) is 0 Å². The zero-order valence-electron chi connectivity index (χ0n) is 20.0. The van der Waals surface area contributed by atoms with Gasteiger partial charge in [0, 0.05) is 29.9 Å². The number of fused-ring (bicyclic) bond motifs is 2. The molecule has 0 saturated carbocycles. The van der Waals surface area contributed by atoms with E-state index in [1.807, 2.05) is 19.9 Å². The van der Waals surface area contributed by atoms with Gasteiger partial charge in [-0.1, -0.05) is 13.0 Å². The molecule has 11 heteroatoms. The van der Waals surface area contributed by atoms with Gasteiger partial charge in [-0.05, 0) is 50.8 Å². The molecule has 0 aliphatic carbocycles. The highest BCUT2D eigenvalue weighted by Crippen LogP contribution is 2.33. The average Bonchev–Trinajstić information content (AvgIpc) is 3.52. The summed E-state index contributed by atoms with van der Waals surface area (Å²) >= 11 is 0. The van der Waals surface area contributed by atoms with Crippen LogP contribution in [-0.4, -0.2) is 64.4 Å². The summed E-state index contributed by atoms with van der Waals surface area (Å²) in [5.41, 5.74) is 1.69. The number of hydrogen-bond acceptors (Lipinski definition) is 5. The second kappa shape index (κ2) is 9.20. The number of imidazole rings is 1. The maximum absolute atomic E-state index is 13.5. The highest BCUT2D eigenvalue weighted by atomic mass is 19.4. The molecular formula is C25H27F3N6O2. The normalized spacial score (nSPS) is 19.4. The standard InChI is InChI=1S/C25H27F3N6O2/c1-3-17(35)10-16-8-7-15(2)34(16)24(36)19-11-20-18(12-29-19)23(31-33(20)14-25(26,27)28)21-13-30-22-6-4-5-9-32(21)22/h4-6,9,11-13,15-17,35H,3,7-8,10,14H2,1-2H3. The molecule has 0 bridgehead atoms. The van der Waals surface area contributed by atoms with E-state index in [0.29, 0.717) is 35.3 Å². The largest absolute Gasteiger partial charge is 0.408 e. The van der Waals surface area contributed by atoms with E-state index in [2.05, 4.69) is 15.1 Å². The Morgan fingerprint density at radius 2 is 2.03 bits per heavy atom. The molecule has 4 aromatic rings. The van der Waals surface area contributed by atoms with Gasteiger partial charge in [0.2, 0.25) is 0 Å². The molecule has 1 N–H and O–H groups in total. The number of halogens is 3. The monoisotopic (exact) mass is 500 g/mol. The molecule has 5 rings (SSSR count). The molecule has 0 spiro atoms. The van der Waals surface area contributed by atoms with Crippen LogP contribution >= 0.6 is 0 Å². The van der Waals surface area contributed by atoms with Crippen molar-refractivity contribution >= 4 is 22.5 Å². The summed E-state index contributed by atoms with van der Waals surface area (Å²) in [6, 6.07) is 6.59. The Labute approximate surface area is 205 Å². The Hall–Kier alpha value is -3.47. The predicted octanol–water partition coefficient (Wildman–Crippen LogP) is 4.46. The summed E-state index contributed by atoms with van der Waals surface area (Å²) in [4.78, 5) is 23.9. The lowest BCUT2D eigenvalue weighted by Crippen LogP contribution is -2.41. The first-order chi connectivity index (χ1) is 17.2. The van der Waals surface area contributed by atoms with Crippen molar-refractivity contribution in [3.8, 4) is 11.4 Å². The molecule has 0 radical (unpaired) electrons. The van der Waals surface area contributed by atoms with E-state index >= 15 is 0 Å². The molecule has 5 heterocycles. The Morgan fingerprint density at radius 3 is 2.78 bits per heavy atom. The number of pyridine rings is 2. The van der Waals surface area contributed by atoms with Gasteiger partial charge in [-0.15, -0.1) is 0 Å². The van der Waals surface area contributed by atoms with Crippen LogP contribution in [0.1, 0.15) is 50.0 Å². The first kappa shape index (κ1) is 24.2. The highest BCUT2D eigenvalue weighted by molar-refractivity contribution is 5.99. The van der Waals surface area contributed by atoms with Gasteiger partial charge < -0.3 is 10.0 Å². The minimum atomic E-state index is -4.51. The van der Waals surface area contributed by atoms with Crippen LogP contribution in [0.25, 0.3) is 27.9 Å². The first-order valence-corrected chi connectivity index (χ1v) is 12.0. The Morgan fingerprint density at radius 1 is 1.22 bits per heavy atom. The minimum Gasteiger partial charge on any atom is -0.393 e. The number of carbonyl (C=O) groups is 1. The highest BCUT2D eigenvalue weighted by Gasteiger charge is 2.37. The molecule has 190 valence electrons. The van der Waals surface area contributed by atoms with Crippen molar-refractivity contribution in [2.24, 2.45) is 0 Å². The van der Waals surface area contributed by atoms with E-state index in [1.165, 1.54) is 12.3 Å². The SMILES string of the molecule is CCC(O)CC1CCC(C)N1C(=O)c1cc2c(cn1)c(-c1cnc3ccccn13)nn2CC(F)(F)F. The van der Waals surface area contributed by atoms with Gasteiger partial charge >= 0.3 is 6.18 Å². The van der Waals surface area contributed by atoms with E-state index in [4.69, 9.17) is 0 Å². The van der Waals surface area contributed by atoms with Gasteiger partial charge in [-0.2, -0.15) is 18.3 Å². The molecule has 1 amide bonds. The van der Waals surface area contributed by atoms with Crippen LogP contribution in [-0.2, 0) is 6.54 Å². The fourth-order valence-corrected chi connectivity index (χ4v) is 5.06. The molecule has 4 aromatic heterocycles. The predicted molar refractivity (Wildman–Crippen MR) is 127 cm³/mol. The van der Waals surface area contributed by atoms with Crippen molar-refractivity contribution in [3.05, 3.63) is 48.5 Å². The first-order valence-electron chi connectivity index (χ1n) is 12.0. The van der Waals surface area contributed by atoms with Crippen molar-refractivity contribution in [2.75, 3.05) is 0 Å². The van der Waals surface area contributed by atoms with Crippen LogP contribution in [0.4, 0.5) is 13.2 Å². The van der Waals surface area contributed by atoms with E-state index in [9.17, 15) is 23.1 Å². The number of nitrogens with zero attached hydrogens (tertiary/aromatic N) is 6. The number of carbonyl (C=O) groups excluding carboxylic acids is 1. The van der Waals surface area contributed by atoms with Crippen LogP contribution in [0.5, 0.6) is 0 Å². The summed E-state index contributed by atoms with van der Waals surface area (Å²) in [5, 5.41) is 14.8. The average molecular weight is 501 g/mol. The summed E-state index contributed by atoms with van der Waals surface area (Å²) < 4.78 is 42.9. The smallest absolute Gasteiger partial charge is 0.393 e. The number of aliphatic hydroxyl groups is 1. The molecule has 3 atom stereocenters. The lowest BCUT2D eigenvalue weighted by molar-refractivity contribution is -0.141. The molecule has 1 aliphatic rings. The van der Waals surface area contributed by atoms with Crippen LogP contribution in [0.15, 0.2) is 42.9 Å². The number of aliphatic hydroxyl groups excluding tert-OH is 1. The van der Waals surface area contributed by atoms with Gasteiger partial charge in [0.15, 0.2) is 0 Å². The second-order valence-electron chi connectivity index (χ2n) is 9.37. The van der Waals surface area contributed by atoms with Gasteiger partial charge in [-0.3, -0.25) is 18.9 Å². The number of rotatable bonds is 6. The lowest BCUT2D eigenvalue weighted by atomic mass is 10.0. The number of amides is 1. The molecule has 1 aliphatic heterocycles. The van der Waals surface area contributed by atoms with Gasteiger partial charge in [0.05, 0.1) is 23.5 Å². The molecule has 1 fully saturated rings. The number of likely N-dealkylation sites (tertiary alicyclic amines) is 1. The zero-order valence-corrected chi connectivity index (χ0v) is 20.0. The summed E-state index contributed by atoms with van der Waals surface area (Å²) in [6.07, 6.45) is 2.30. The van der Waals surface area contributed by atoms with E-state index in [1.54, 1.807) is 33.8 Å². The second-order valence-corrected chi connectivity index (χ2v) is 9.37. The van der Waals surface area contributed by atoms with Gasteiger partial charge in [0.1, 0.15) is 23.6 Å². The van der Waals surface area contributed by atoms with Crippen molar-refractivity contribution in [1.29, 1.82) is 0 Å². The zero-order chi connectivity index (χ0) is 25.6. The summed E-state index contributed by atoms with van der Waals surface area (Å²) in [5.74, 6) is -0.355. The quantitative estimate of drug-likeness (QED) is 0.422. The van der Waals surface area contributed by atoms with Crippen LogP contribution in [0, 0.1) is 0 Å². The third-order valence-corrected chi connectivity index (χ3v) is 6.88. The Balaban J connectivity index is 1.58. The van der Waals surface area contributed by atoms with Crippen molar-refractivity contribution in [1.82, 2.24) is 29.0 Å². The van der Waals surface area contributed by atoms with Gasteiger partial charge in [0.25, 0.3) is 5.91 Å². The van der Waals surface area contributed by atoms with Crippen molar-refractivity contribution in [2.45, 2.75) is 70.4 Å². The number of hydrogen-bond donors (Lipinski definition) is 1. The third kappa shape index (κ3) is 4.43. The van der Waals surface area contributed by atoms with Crippen LogP contribution in [0.2, 0.25) is 0 Å². The minimum absolute atomic E-state index is 0.0558. The third-order valence-electron chi connectivity index (χ3n) is 6.88. The maximum Gasteiger partial charge on any atom is 0.408 e. The molecule has 8 nitrogen and oxygen atoms in total. The van der Waals surface area contributed by atoms with Crippen LogP contribution < -0.4 is 0 Å².